The van der Waals surface area contributed by atoms with Gasteiger partial charge in [0, 0.05) is 11.8 Å². The van der Waals surface area contributed by atoms with E-state index in [0.29, 0.717) is 12.3 Å². The second-order valence-corrected chi connectivity index (χ2v) is 4.98. The highest BCUT2D eigenvalue weighted by Crippen LogP contribution is 2.48. The fourth-order valence-corrected chi connectivity index (χ4v) is 2.88. The number of aliphatic hydroxyl groups excluding tert-OH is 1. The van der Waals surface area contributed by atoms with Crippen LogP contribution in [-0.2, 0) is 4.79 Å². The average molecular weight is 194 g/mol. The molecule has 0 unspecified atom stereocenters. The van der Waals surface area contributed by atoms with Gasteiger partial charge in [0.15, 0.2) is 5.78 Å². The Morgan fingerprint density at radius 3 is 2.93 bits per heavy atom. The molecule has 14 heavy (non-hydrogen) atoms. The first kappa shape index (κ1) is 9.91. The van der Waals surface area contributed by atoms with Crippen LogP contribution < -0.4 is 0 Å². The van der Waals surface area contributed by atoms with E-state index in [-0.39, 0.29) is 17.3 Å². The number of carbonyl (C=O) groups is 1. The third kappa shape index (κ3) is 1.33. The largest absolute Gasteiger partial charge is 0.392 e. The number of fused-ring (bicyclic) bond motifs is 1. The van der Waals surface area contributed by atoms with E-state index in [1.165, 1.54) is 5.57 Å². The highest BCUT2D eigenvalue weighted by Gasteiger charge is 2.44. The lowest BCUT2D eigenvalue weighted by Gasteiger charge is -2.45. The third-order valence-electron chi connectivity index (χ3n) is 4.01. The molecule has 0 saturated heterocycles. The Kier molecular flexibility index (Phi) is 2.26. The van der Waals surface area contributed by atoms with Gasteiger partial charge in [-0.05, 0) is 31.3 Å². The van der Waals surface area contributed by atoms with Gasteiger partial charge in [-0.3, -0.25) is 4.79 Å². The summed E-state index contributed by atoms with van der Waals surface area (Å²) in [5.41, 5.74) is 1.07. The second kappa shape index (κ2) is 3.20. The number of carbonyl (C=O) groups excluding carboxylic acids is 1. The van der Waals surface area contributed by atoms with E-state index < -0.39 is 0 Å². The van der Waals surface area contributed by atoms with Crippen LogP contribution in [-0.4, -0.2) is 17.0 Å². The Bertz CT molecular complexity index is 293. The third-order valence-corrected chi connectivity index (χ3v) is 4.01. The summed E-state index contributed by atoms with van der Waals surface area (Å²) in [6.45, 7) is 4.26. The van der Waals surface area contributed by atoms with Crippen molar-refractivity contribution in [3.8, 4) is 0 Å². The van der Waals surface area contributed by atoms with Crippen LogP contribution in [0.5, 0.6) is 0 Å². The molecule has 1 N–H and O–H groups in total. The van der Waals surface area contributed by atoms with Crippen molar-refractivity contribution in [3.05, 3.63) is 11.6 Å². The first-order valence-corrected chi connectivity index (χ1v) is 5.47. The Hall–Kier alpha value is -0.630. The molecule has 0 amide bonds. The first-order chi connectivity index (χ1) is 6.54. The molecule has 0 aromatic rings. The van der Waals surface area contributed by atoms with Gasteiger partial charge in [-0.25, -0.2) is 0 Å². The van der Waals surface area contributed by atoms with Gasteiger partial charge < -0.3 is 5.11 Å². The van der Waals surface area contributed by atoms with Crippen molar-refractivity contribution in [3.63, 3.8) is 0 Å². The quantitative estimate of drug-likeness (QED) is 0.641. The van der Waals surface area contributed by atoms with Crippen LogP contribution >= 0.6 is 0 Å². The molecule has 0 bridgehead atoms. The van der Waals surface area contributed by atoms with Crippen molar-refractivity contribution in [1.29, 1.82) is 0 Å². The topological polar surface area (TPSA) is 37.3 Å². The van der Waals surface area contributed by atoms with Gasteiger partial charge in [0.05, 0.1) is 6.10 Å². The van der Waals surface area contributed by atoms with E-state index in [0.717, 1.165) is 19.3 Å². The Morgan fingerprint density at radius 1 is 1.50 bits per heavy atom. The predicted octanol–water partition coefficient (Wildman–Crippen LogP) is 2.07. The fourth-order valence-electron chi connectivity index (χ4n) is 2.88. The Morgan fingerprint density at radius 2 is 2.21 bits per heavy atom. The van der Waals surface area contributed by atoms with E-state index in [1.54, 1.807) is 6.08 Å². The van der Waals surface area contributed by atoms with Gasteiger partial charge in [0.2, 0.25) is 0 Å². The lowest BCUT2D eigenvalue weighted by atomic mass is 9.61. The summed E-state index contributed by atoms with van der Waals surface area (Å²) >= 11 is 0. The molecule has 0 heterocycles. The number of hydrogen-bond donors (Lipinski definition) is 1. The molecular formula is C12H18O2. The standard InChI is InChI=1S/C12H18O2/c1-8-3-4-11(14)12(2)6-5-9(13)7-10(8)12/h7-8,11,14H,3-6H2,1-2H3/t8-,11-,12-/m0/s1. The van der Waals surface area contributed by atoms with Crippen LogP contribution in [0.3, 0.4) is 0 Å². The highest BCUT2D eigenvalue weighted by molar-refractivity contribution is 5.91. The fraction of sp³-hybridized carbons (Fsp3) is 0.750. The number of ketones is 1. The van der Waals surface area contributed by atoms with Crippen molar-refractivity contribution in [1.82, 2.24) is 0 Å². The lowest BCUT2D eigenvalue weighted by molar-refractivity contribution is -0.116. The van der Waals surface area contributed by atoms with Gasteiger partial charge in [-0.1, -0.05) is 19.4 Å². The van der Waals surface area contributed by atoms with E-state index in [4.69, 9.17) is 0 Å². The molecule has 2 aliphatic carbocycles. The molecule has 2 aliphatic rings. The maximum Gasteiger partial charge on any atom is 0.155 e. The zero-order chi connectivity index (χ0) is 10.3. The van der Waals surface area contributed by atoms with E-state index in [2.05, 4.69) is 13.8 Å². The first-order valence-electron chi connectivity index (χ1n) is 5.47. The average Bonchev–Trinajstić information content (AvgIpc) is 2.16. The van der Waals surface area contributed by atoms with Crippen LogP contribution in [0.25, 0.3) is 0 Å². The van der Waals surface area contributed by atoms with Crippen LogP contribution in [0, 0.1) is 11.3 Å². The van der Waals surface area contributed by atoms with Crippen molar-refractivity contribution in [2.24, 2.45) is 11.3 Å². The summed E-state index contributed by atoms with van der Waals surface area (Å²) in [6, 6.07) is 0. The van der Waals surface area contributed by atoms with Gasteiger partial charge in [0.1, 0.15) is 0 Å². The van der Waals surface area contributed by atoms with E-state index in [1.807, 2.05) is 0 Å². The zero-order valence-corrected chi connectivity index (χ0v) is 8.92. The second-order valence-electron chi connectivity index (χ2n) is 4.98. The van der Waals surface area contributed by atoms with Gasteiger partial charge in [-0.15, -0.1) is 0 Å². The summed E-state index contributed by atoms with van der Waals surface area (Å²) in [4.78, 5) is 11.4. The minimum absolute atomic E-state index is 0.119. The summed E-state index contributed by atoms with van der Waals surface area (Å²) in [7, 11) is 0. The molecule has 2 nitrogen and oxygen atoms in total. The Labute approximate surface area is 85.0 Å². The molecule has 2 heteroatoms. The highest BCUT2D eigenvalue weighted by atomic mass is 16.3. The zero-order valence-electron chi connectivity index (χ0n) is 8.92. The van der Waals surface area contributed by atoms with Crippen LogP contribution in [0.4, 0.5) is 0 Å². The molecule has 0 aromatic heterocycles. The molecule has 0 aromatic carbocycles. The minimum Gasteiger partial charge on any atom is -0.392 e. The Balaban J connectivity index is 2.40. The van der Waals surface area contributed by atoms with Crippen molar-refractivity contribution in [2.45, 2.75) is 45.6 Å². The molecule has 0 spiro atoms. The maximum atomic E-state index is 11.4. The molecule has 0 radical (unpaired) electrons. The molecule has 78 valence electrons. The number of rotatable bonds is 0. The summed E-state index contributed by atoms with van der Waals surface area (Å²) in [5, 5.41) is 10.0. The summed E-state index contributed by atoms with van der Waals surface area (Å²) in [5.74, 6) is 0.700. The predicted molar refractivity (Wildman–Crippen MR) is 54.8 cm³/mol. The van der Waals surface area contributed by atoms with Gasteiger partial charge in [-0.2, -0.15) is 0 Å². The molecule has 0 aliphatic heterocycles. The molecular weight excluding hydrogens is 176 g/mol. The molecule has 1 fully saturated rings. The summed E-state index contributed by atoms with van der Waals surface area (Å²) in [6.07, 6.45) is 4.85. The normalized spacial score (nSPS) is 43.1. The SMILES string of the molecule is C[C@H]1CC[C@H](O)[C@@]2(C)CCC(=O)C=C12. The molecule has 3 atom stereocenters. The maximum absolute atomic E-state index is 11.4. The van der Waals surface area contributed by atoms with E-state index >= 15 is 0 Å². The summed E-state index contributed by atoms with van der Waals surface area (Å²) < 4.78 is 0. The van der Waals surface area contributed by atoms with Crippen LogP contribution in [0.15, 0.2) is 11.6 Å². The van der Waals surface area contributed by atoms with Crippen LogP contribution in [0.2, 0.25) is 0 Å². The van der Waals surface area contributed by atoms with Crippen LogP contribution in [0.1, 0.15) is 39.5 Å². The van der Waals surface area contributed by atoms with Crippen molar-refractivity contribution in [2.75, 3.05) is 0 Å². The number of allylic oxidation sites excluding steroid dienone is 1. The van der Waals surface area contributed by atoms with Crippen molar-refractivity contribution < 1.29 is 9.90 Å². The van der Waals surface area contributed by atoms with Crippen molar-refractivity contribution >= 4 is 5.78 Å². The monoisotopic (exact) mass is 194 g/mol. The number of hydrogen-bond acceptors (Lipinski definition) is 2. The smallest absolute Gasteiger partial charge is 0.155 e. The lowest BCUT2D eigenvalue weighted by Crippen LogP contribution is -2.43. The minimum atomic E-state index is -0.252. The van der Waals surface area contributed by atoms with E-state index in [9.17, 15) is 9.90 Å². The molecule has 1 saturated carbocycles. The number of aliphatic hydroxyl groups is 1. The van der Waals surface area contributed by atoms with Gasteiger partial charge >= 0.3 is 0 Å². The molecule has 2 rings (SSSR count). The van der Waals surface area contributed by atoms with Gasteiger partial charge in [0.25, 0.3) is 0 Å².